The monoisotopic (exact) mass is 248 g/mol. The van der Waals surface area contributed by atoms with Crippen LogP contribution in [0.25, 0.3) is 0 Å². The van der Waals surface area contributed by atoms with Crippen LogP contribution in [0.4, 0.5) is 0 Å². The molecule has 0 N–H and O–H groups in total. The van der Waals surface area contributed by atoms with E-state index in [4.69, 9.17) is 0 Å². The molecule has 0 saturated heterocycles. The van der Waals surface area contributed by atoms with Crippen molar-refractivity contribution in [1.29, 1.82) is 0 Å². The summed E-state index contributed by atoms with van der Waals surface area (Å²) in [5.74, 6) is 3.40. The third-order valence-electron chi connectivity index (χ3n) is 3.37. The van der Waals surface area contributed by atoms with Crippen LogP contribution in [-0.2, 0) is 0 Å². The maximum absolute atomic E-state index is 2.29. The molecule has 1 unspecified atom stereocenters. The summed E-state index contributed by atoms with van der Waals surface area (Å²) in [4.78, 5) is 3.39. The fraction of sp³-hybridized carbons (Fsp3) is 0.429. The van der Waals surface area contributed by atoms with Crippen molar-refractivity contribution in [3.63, 3.8) is 0 Å². The number of hydrogen-bond acceptors (Lipinski definition) is 2. The lowest BCUT2D eigenvalue weighted by atomic mass is 9.87. The molecule has 0 aromatic heterocycles. The fourth-order valence-corrected chi connectivity index (χ4v) is 5.12. The Balaban J connectivity index is 1.80. The first-order chi connectivity index (χ1) is 7.93. The highest BCUT2D eigenvalue weighted by atomic mass is 32.2. The van der Waals surface area contributed by atoms with Gasteiger partial charge in [0.1, 0.15) is 0 Å². The number of benzene rings is 1. The minimum Gasteiger partial charge on any atom is -0.129 e. The number of hydrogen-bond donors (Lipinski definition) is 0. The van der Waals surface area contributed by atoms with E-state index in [0.29, 0.717) is 0 Å². The van der Waals surface area contributed by atoms with Gasteiger partial charge in [0.25, 0.3) is 0 Å². The van der Waals surface area contributed by atoms with Crippen LogP contribution >= 0.6 is 23.5 Å². The summed E-state index contributed by atoms with van der Waals surface area (Å²) < 4.78 is 0. The molecular formula is C14H16S2. The average molecular weight is 248 g/mol. The van der Waals surface area contributed by atoms with Crippen LogP contribution in [0, 0.1) is 0 Å². The van der Waals surface area contributed by atoms with E-state index in [0.717, 1.165) is 5.92 Å². The second-order valence-corrected chi connectivity index (χ2v) is 6.77. The molecule has 1 heterocycles. The Labute approximate surface area is 106 Å². The summed E-state index contributed by atoms with van der Waals surface area (Å²) >= 11 is 4.21. The van der Waals surface area contributed by atoms with Crippen LogP contribution in [0.5, 0.6) is 0 Å². The molecule has 0 radical (unpaired) electrons. The van der Waals surface area contributed by atoms with Crippen molar-refractivity contribution in [1.82, 2.24) is 0 Å². The number of thioether (sulfide) groups is 2. The Morgan fingerprint density at radius 2 is 1.69 bits per heavy atom. The smallest absolute Gasteiger partial charge is 0.00715 e. The number of allylic oxidation sites excluding steroid dienone is 2. The molecule has 2 aliphatic rings. The second kappa shape index (κ2) is 4.89. The molecule has 1 aromatic carbocycles. The van der Waals surface area contributed by atoms with Gasteiger partial charge in [0.15, 0.2) is 0 Å². The fourth-order valence-electron chi connectivity index (χ4n) is 2.52. The molecule has 0 fully saturated rings. The van der Waals surface area contributed by atoms with Crippen LogP contribution < -0.4 is 0 Å². The SMILES string of the molecule is c1ccc(C2CCC3=C(C2)SCCS3)cc1. The van der Waals surface area contributed by atoms with Crippen LogP contribution in [0.15, 0.2) is 40.1 Å². The van der Waals surface area contributed by atoms with Gasteiger partial charge in [-0.25, -0.2) is 0 Å². The number of rotatable bonds is 1. The van der Waals surface area contributed by atoms with E-state index in [9.17, 15) is 0 Å². The van der Waals surface area contributed by atoms with E-state index in [-0.39, 0.29) is 0 Å². The zero-order valence-corrected chi connectivity index (χ0v) is 10.9. The second-order valence-electron chi connectivity index (χ2n) is 4.39. The van der Waals surface area contributed by atoms with E-state index in [1.807, 2.05) is 0 Å². The van der Waals surface area contributed by atoms with Gasteiger partial charge in [-0.1, -0.05) is 30.3 Å². The van der Waals surface area contributed by atoms with E-state index in [2.05, 4.69) is 53.9 Å². The minimum atomic E-state index is 0.770. The molecule has 3 rings (SSSR count). The topological polar surface area (TPSA) is 0 Å². The molecule has 1 aromatic rings. The zero-order valence-electron chi connectivity index (χ0n) is 9.32. The first-order valence-electron chi connectivity index (χ1n) is 5.96. The molecule has 0 bridgehead atoms. The lowest BCUT2D eigenvalue weighted by Crippen LogP contribution is -2.10. The summed E-state index contributed by atoms with van der Waals surface area (Å²) in [5.41, 5.74) is 1.53. The van der Waals surface area contributed by atoms with Crippen molar-refractivity contribution in [2.75, 3.05) is 11.5 Å². The van der Waals surface area contributed by atoms with E-state index in [1.54, 1.807) is 9.81 Å². The van der Waals surface area contributed by atoms with Gasteiger partial charge in [-0.05, 0) is 40.6 Å². The van der Waals surface area contributed by atoms with E-state index < -0.39 is 0 Å². The molecule has 1 aliphatic carbocycles. The Bertz CT molecular complexity index is 394. The van der Waals surface area contributed by atoms with Gasteiger partial charge < -0.3 is 0 Å². The van der Waals surface area contributed by atoms with Crippen LogP contribution in [0.1, 0.15) is 30.7 Å². The largest absolute Gasteiger partial charge is 0.129 e. The molecule has 0 spiro atoms. The summed E-state index contributed by atoms with van der Waals surface area (Å²) in [6, 6.07) is 11.0. The Kier molecular flexibility index (Phi) is 3.30. The summed E-state index contributed by atoms with van der Waals surface area (Å²) in [6.07, 6.45) is 3.94. The van der Waals surface area contributed by atoms with Gasteiger partial charge in [0, 0.05) is 11.5 Å². The lowest BCUT2D eigenvalue weighted by Gasteiger charge is -2.29. The molecule has 2 heteroatoms. The van der Waals surface area contributed by atoms with Crippen molar-refractivity contribution in [3.05, 3.63) is 45.7 Å². The lowest BCUT2D eigenvalue weighted by molar-refractivity contribution is 0.607. The highest BCUT2D eigenvalue weighted by molar-refractivity contribution is 8.10. The zero-order chi connectivity index (χ0) is 10.8. The van der Waals surface area contributed by atoms with Crippen LogP contribution in [-0.4, -0.2) is 11.5 Å². The van der Waals surface area contributed by atoms with Crippen molar-refractivity contribution < 1.29 is 0 Å². The molecule has 1 aliphatic heterocycles. The molecule has 84 valence electrons. The molecule has 0 amide bonds. The first-order valence-corrected chi connectivity index (χ1v) is 7.93. The molecule has 0 nitrogen and oxygen atoms in total. The Morgan fingerprint density at radius 1 is 0.938 bits per heavy atom. The standard InChI is InChI=1S/C14H16S2/c1-2-4-11(5-3-1)12-6-7-13-14(10-12)16-9-8-15-13/h1-5,12H,6-10H2. The van der Waals surface area contributed by atoms with Crippen molar-refractivity contribution >= 4 is 23.5 Å². The van der Waals surface area contributed by atoms with E-state index >= 15 is 0 Å². The molecular weight excluding hydrogens is 232 g/mol. The van der Waals surface area contributed by atoms with Gasteiger partial charge in [0.05, 0.1) is 0 Å². The first kappa shape index (κ1) is 10.8. The predicted molar refractivity (Wildman–Crippen MR) is 75.0 cm³/mol. The Hall–Kier alpha value is -0.340. The Morgan fingerprint density at radius 3 is 2.50 bits per heavy atom. The van der Waals surface area contributed by atoms with Crippen molar-refractivity contribution in [2.24, 2.45) is 0 Å². The molecule has 0 saturated carbocycles. The van der Waals surface area contributed by atoms with Crippen LogP contribution in [0.3, 0.4) is 0 Å². The third-order valence-corrected chi connectivity index (χ3v) is 6.13. The highest BCUT2D eigenvalue weighted by Gasteiger charge is 2.24. The summed E-state index contributed by atoms with van der Waals surface area (Å²) in [5, 5.41) is 0. The van der Waals surface area contributed by atoms with Crippen molar-refractivity contribution in [3.8, 4) is 0 Å². The predicted octanol–water partition coefficient (Wildman–Crippen LogP) is 4.65. The van der Waals surface area contributed by atoms with Gasteiger partial charge in [-0.2, -0.15) is 0 Å². The normalized spacial score (nSPS) is 25.4. The van der Waals surface area contributed by atoms with Crippen LogP contribution in [0.2, 0.25) is 0 Å². The molecule has 1 atom stereocenters. The third kappa shape index (κ3) is 2.18. The highest BCUT2D eigenvalue weighted by Crippen LogP contribution is 2.47. The average Bonchev–Trinajstić information content (AvgIpc) is 2.39. The minimum absolute atomic E-state index is 0.770. The van der Waals surface area contributed by atoms with Gasteiger partial charge in [-0.3, -0.25) is 0 Å². The van der Waals surface area contributed by atoms with E-state index in [1.165, 1.54) is 36.3 Å². The summed E-state index contributed by atoms with van der Waals surface area (Å²) in [6.45, 7) is 0. The maximum Gasteiger partial charge on any atom is 0.00715 e. The van der Waals surface area contributed by atoms with Gasteiger partial charge >= 0.3 is 0 Å². The van der Waals surface area contributed by atoms with Gasteiger partial charge in [-0.15, -0.1) is 23.5 Å². The van der Waals surface area contributed by atoms with Crippen molar-refractivity contribution in [2.45, 2.75) is 25.2 Å². The summed E-state index contributed by atoms with van der Waals surface area (Å²) in [7, 11) is 0. The quantitative estimate of drug-likeness (QED) is 0.710. The maximum atomic E-state index is 2.29. The molecule has 16 heavy (non-hydrogen) atoms. The van der Waals surface area contributed by atoms with Gasteiger partial charge in [0.2, 0.25) is 0 Å².